The number of benzene rings is 1. The van der Waals surface area contributed by atoms with Crippen LogP contribution in [0.15, 0.2) is 24.3 Å². The van der Waals surface area contributed by atoms with Crippen molar-refractivity contribution in [2.24, 2.45) is 16.6 Å². The van der Waals surface area contributed by atoms with Gasteiger partial charge in [-0.3, -0.25) is 4.79 Å². The van der Waals surface area contributed by atoms with Gasteiger partial charge in [-0.15, -0.1) is 20.4 Å². The summed E-state index contributed by atoms with van der Waals surface area (Å²) in [6, 6.07) is 7.66. The van der Waals surface area contributed by atoms with E-state index in [1.54, 1.807) is 6.92 Å². The van der Waals surface area contributed by atoms with Crippen molar-refractivity contribution in [3.8, 4) is 11.4 Å². The Morgan fingerprint density at radius 3 is 2.17 bits per heavy atom. The summed E-state index contributed by atoms with van der Waals surface area (Å²) in [7, 11) is 0. The molecule has 0 aliphatic rings. The molecule has 2 aromatic rings. The monoisotopic (exact) mass is 400 g/mol. The molecule has 2 rings (SSSR count). The number of nitrogens with two attached hydrogens (primary N) is 1. The van der Waals surface area contributed by atoms with Gasteiger partial charge in [0.1, 0.15) is 0 Å². The first-order valence-electron chi connectivity index (χ1n) is 9.78. The van der Waals surface area contributed by atoms with Gasteiger partial charge in [-0.25, -0.2) is 0 Å². The smallest absolute Gasteiger partial charge is 0.220 e. The molecule has 0 spiro atoms. The molecule has 0 saturated heterocycles. The van der Waals surface area contributed by atoms with Crippen LogP contribution in [0.4, 0.5) is 0 Å². The van der Waals surface area contributed by atoms with E-state index < -0.39 is 0 Å². The molecule has 1 heterocycles. The summed E-state index contributed by atoms with van der Waals surface area (Å²) in [5, 5.41) is 18.8. The Morgan fingerprint density at radius 1 is 1.00 bits per heavy atom. The standard InChI is InChI=1S/C21H32N6O2/c1-15-24-26-19(27-25-15)17-8-6-16(7-9-17)11-23-18(28)10-20(2,3)13-29-14-21(4,5)12-22/h6-9H,10-14,22H2,1-5H3,(H,23,28). The summed E-state index contributed by atoms with van der Waals surface area (Å²) in [4.78, 5) is 12.3. The number of nitrogens with one attached hydrogen (secondary N) is 1. The van der Waals surface area contributed by atoms with Crippen molar-refractivity contribution in [3.05, 3.63) is 35.7 Å². The maximum absolute atomic E-state index is 12.3. The minimum Gasteiger partial charge on any atom is -0.380 e. The van der Waals surface area contributed by atoms with Crippen LogP contribution in [-0.4, -0.2) is 46.1 Å². The number of ether oxygens (including phenoxy) is 1. The molecule has 8 heteroatoms. The molecular weight excluding hydrogens is 368 g/mol. The van der Waals surface area contributed by atoms with E-state index in [0.29, 0.717) is 44.4 Å². The molecule has 0 radical (unpaired) electrons. The van der Waals surface area contributed by atoms with Crippen molar-refractivity contribution in [1.29, 1.82) is 0 Å². The van der Waals surface area contributed by atoms with Crippen LogP contribution in [0.5, 0.6) is 0 Å². The fraction of sp³-hybridized carbons (Fsp3) is 0.571. The van der Waals surface area contributed by atoms with Gasteiger partial charge in [0, 0.05) is 23.9 Å². The molecule has 29 heavy (non-hydrogen) atoms. The highest BCUT2D eigenvalue weighted by molar-refractivity contribution is 5.76. The van der Waals surface area contributed by atoms with Gasteiger partial charge in [-0.1, -0.05) is 52.0 Å². The van der Waals surface area contributed by atoms with Crippen molar-refractivity contribution in [2.75, 3.05) is 19.8 Å². The molecule has 0 fully saturated rings. The van der Waals surface area contributed by atoms with Gasteiger partial charge in [-0.05, 0) is 24.4 Å². The zero-order valence-corrected chi connectivity index (χ0v) is 18.0. The average Bonchev–Trinajstić information content (AvgIpc) is 2.67. The molecule has 1 aromatic heterocycles. The van der Waals surface area contributed by atoms with Crippen LogP contribution in [0.25, 0.3) is 11.4 Å². The van der Waals surface area contributed by atoms with Crippen molar-refractivity contribution >= 4 is 5.91 Å². The quantitative estimate of drug-likeness (QED) is 0.628. The summed E-state index contributed by atoms with van der Waals surface area (Å²) >= 11 is 0. The van der Waals surface area contributed by atoms with Crippen LogP contribution in [-0.2, 0) is 16.1 Å². The molecule has 0 bridgehead atoms. The lowest BCUT2D eigenvalue weighted by molar-refractivity contribution is -0.124. The van der Waals surface area contributed by atoms with Crippen molar-refractivity contribution in [1.82, 2.24) is 25.7 Å². The molecule has 0 atom stereocenters. The molecular formula is C21H32N6O2. The van der Waals surface area contributed by atoms with Gasteiger partial charge in [0.15, 0.2) is 5.82 Å². The van der Waals surface area contributed by atoms with E-state index in [4.69, 9.17) is 10.5 Å². The number of hydrogen-bond donors (Lipinski definition) is 2. The number of nitrogens with zero attached hydrogens (tertiary/aromatic N) is 4. The number of carbonyl (C=O) groups is 1. The highest BCUT2D eigenvalue weighted by Gasteiger charge is 2.24. The van der Waals surface area contributed by atoms with Gasteiger partial charge in [0.25, 0.3) is 0 Å². The Kier molecular flexibility index (Phi) is 7.75. The minimum absolute atomic E-state index is 0.00368. The summed E-state index contributed by atoms with van der Waals surface area (Å²) in [6.45, 7) is 12.0. The van der Waals surface area contributed by atoms with Crippen LogP contribution < -0.4 is 11.1 Å². The summed E-state index contributed by atoms with van der Waals surface area (Å²) in [5.74, 6) is 1.01. The average molecular weight is 401 g/mol. The van der Waals surface area contributed by atoms with E-state index in [1.165, 1.54) is 0 Å². The summed E-state index contributed by atoms with van der Waals surface area (Å²) in [6.07, 6.45) is 0.392. The van der Waals surface area contributed by atoms with Crippen molar-refractivity contribution in [3.63, 3.8) is 0 Å². The minimum atomic E-state index is -0.249. The maximum atomic E-state index is 12.3. The maximum Gasteiger partial charge on any atom is 0.220 e. The van der Waals surface area contributed by atoms with Crippen LogP contribution in [0.1, 0.15) is 45.5 Å². The van der Waals surface area contributed by atoms with E-state index in [2.05, 4.69) is 39.6 Å². The number of amides is 1. The lowest BCUT2D eigenvalue weighted by atomic mass is 9.89. The van der Waals surface area contributed by atoms with Gasteiger partial charge in [0.2, 0.25) is 11.7 Å². The fourth-order valence-electron chi connectivity index (χ4n) is 2.58. The predicted octanol–water partition coefficient (Wildman–Crippen LogP) is 2.28. The van der Waals surface area contributed by atoms with Gasteiger partial charge in [-0.2, -0.15) is 0 Å². The molecule has 8 nitrogen and oxygen atoms in total. The number of rotatable bonds is 10. The Morgan fingerprint density at radius 2 is 1.59 bits per heavy atom. The molecule has 0 saturated carbocycles. The van der Waals surface area contributed by atoms with E-state index in [1.807, 2.05) is 38.1 Å². The number of carbonyl (C=O) groups excluding carboxylic acids is 1. The van der Waals surface area contributed by atoms with Crippen LogP contribution in [0.2, 0.25) is 0 Å². The molecule has 158 valence electrons. The third-order valence-electron chi connectivity index (χ3n) is 4.46. The first-order valence-corrected chi connectivity index (χ1v) is 9.78. The first kappa shape index (κ1) is 22.8. The van der Waals surface area contributed by atoms with E-state index in [-0.39, 0.29) is 16.7 Å². The highest BCUT2D eigenvalue weighted by Crippen LogP contribution is 2.23. The van der Waals surface area contributed by atoms with Gasteiger partial charge in [0.05, 0.1) is 13.2 Å². The predicted molar refractivity (Wildman–Crippen MR) is 112 cm³/mol. The Labute approximate surface area is 172 Å². The zero-order valence-electron chi connectivity index (χ0n) is 18.0. The normalized spacial score (nSPS) is 12.1. The zero-order chi connectivity index (χ0) is 21.5. The van der Waals surface area contributed by atoms with Crippen LogP contribution in [0.3, 0.4) is 0 Å². The first-order chi connectivity index (χ1) is 13.6. The number of hydrogen-bond acceptors (Lipinski definition) is 7. The van der Waals surface area contributed by atoms with Gasteiger partial charge < -0.3 is 15.8 Å². The number of aryl methyl sites for hydroxylation is 1. The van der Waals surface area contributed by atoms with Crippen molar-refractivity contribution in [2.45, 2.75) is 47.6 Å². The third kappa shape index (κ3) is 7.83. The van der Waals surface area contributed by atoms with E-state index >= 15 is 0 Å². The Bertz CT molecular complexity index is 788. The van der Waals surface area contributed by atoms with E-state index in [9.17, 15) is 4.79 Å². The largest absolute Gasteiger partial charge is 0.380 e. The fourth-order valence-corrected chi connectivity index (χ4v) is 2.58. The molecule has 0 aliphatic heterocycles. The number of aromatic nitrogens is 4. The molecule has 3 N–H and O–H groups in total. The van der Waals surface area contributed by atoms with Crippen molar-refractivity contribution < 1.29 is 9.53 Å². The third-order valence-corrected chi connectivity index (χ3v) is 4.46. The lowest BCUT2D eigenvalue weighted by Gasteiger charge is -2.28. The molecule has 0 unspecified atom stereocenters. The summed E-state index contributed by atoms with van der Waals surface area (Å²) < 4.78 is 5.80. The summed E-state index contributed by atoms with van der Waals surface area (Å²) in [5.41, 5.74) is 7.25. The second-order valence-electron chi connectivity index (χ2n) is 8.95. The second-order valence-corrected chi connectivity index (χ2v) is 8.95. The molecule has 0 aliphatic carbocycles. The van der Waals surface area contributed by atoms with E-state index in [0.717, 1.165) is 11.1 Å². The Balaban J connectivity index is 1.80. The molecule has 1 amide bonds. The van der Waals surface area contributed by atoms with Crippen LogP contribution >= 0.6 is 0 Å². The highest BCUT2D eigenvalue weighted by atomic mass is 16.5. The van der Waals surface area contributed by atoms with Crippen LogP contribution in [0, 0.1) is 17.8 Å². The SMILES string of the molecule is Cc1nnc(-c2ccc(CNC(=O)CC(C)(C)COCC(C)(C)CN)cc2)nn1. The Hall–Kier alpha value is -2.45. The topological polar surface area (TPSA) is 116 Å². The lowest BCUT2D eigenvalue weighted by Crippen LogP contribution is -2.34. The van der Waals surface area contributed by atoms with Gasteiger partial charge >= 0.3 is 0 Å². The molecule has 1 aromatic carbocycles. The second kappa shape index (κ2) is 9.84.